The molecule has 2 heterocycles. The number of aryl methyl sites for hydroxylation is 1. The Hall–Kier alpha value is -2.12. The maximum absolute atomic E-state index is 12.4. The Labute approximate surface area is 151 Å². The van der Waals surface area contributed by atoms with Crippen molar-refractivity contribution >= 4 is 17.2 Å². The first-order valence-electron chi connectivity index (χ1n) is 8.22. The van der Waals surface area contributed by atoms with Crippen LogP contribution in [0.4, 0.5) is 0 Å². The van der Waals surface area contributed by atoms with Crippen LogP contribution in [0.25, 0.3) is 10.6 Å². The minimum absolute atomic E-state index is 0.0998. The van der Waals surface area contributed by atoms with Crippen LogP contribution < -0.4 is 14.8 Å². The van der Waals surface area contributed by atoms with Gasteiger partial charge in [0.1, 0.15) is 9.88 Å². The van der Waals surface area contributed by atoms with Crippen LogP contribution in [0.5, 0.6) is 11.5 Å². The van der Waals surface area contributed by atoms with Crippen molar-refractivity contribution in [2.75, 3.05) is 27.4 Å². The number of nitrogens with zero attached hydrogens (tertiary/aromatic N) is 1. The molecule has 3 rings (SSSR count). The number of nitrogens with one attached hydrogen (secondary N) is 1. The van der Waals surface area contributed by atoms with Crippen molar-refractivity contribution in [1.29, 1.82) is 0 Å². The number of aromatic nitrogens is 1. The van der Waals surface area contributed by atoms with Gasteiger partial charge in [0.05, 0.1) is 26.0 Å². The number of carbonyl (C=O) groups excluding carboxylic acids is 1. The van der Waals surface area contributed by atoms with Crippen LogP contribution in [0.1, 0.15) is 28.2 Å². The van der Waals surface area contributed by atoms with Crippen molar-refractivity contribution < 1.29 is 19.0 Å². The fourth-order valence-corrected chi connectivity index (χ4v) is 3.77. The van der Waals surface area contributed by atoms with E-state index in [0.717, 1.165) is 35.7 Å². The maximum atomic E-state index is 12.4. The van der Waals surface area contributed by atoms with Gasteiger partial charge in [-0.15, -0.1) is 11.3 Å². The summed E-state index contributed by atoms with van der Waals surface area (Å²) in [7, 11) is 3.19. The molecule has 1 N–H and O–H groups in total. The molecule has 134 valence electrons. The first-order chi connectivity index (χ1) is 12.1. The highest BCUT2D eigenvalue weighted by molar-refractivity contribution is 7.17. The van der Waals surface area contributed by atoms with Crippen molar-refractivity contribution in [3.8, 4) is 22.1 Å². The average molecular weight is 362 g/mol. The van der Waals surface area contributed by atoms with Gasteiger partial charge in [0.25, 0.3) is 5.91 Å². The second kappa shape index (κ2) is 7.84. The Morgan fingerprint density at radius 1 is 1.36 bits per heavy atom. The first-order valence-corrected chi connectivity index (χ1v) is 9.03. The number of carbonyl (C=O) groups is 1. The zero-order valence-electron chi connectivity index (χ0n) is 14.6. The van der Waals surface area contributed by atoms with Crippen molar-refractivity contribution in [2.45, 2.75) is 25.9 Å². The summed E-state index contributed by atoms with van der Waals surface area (Å²) >= 11 is 1.38. The second-order valence-corrected chi connectivity index (χ2v) is 6.85. The number of rotatable bonds is 6. The largest absolute Gasteiger partial charge is 0.493 e. The number of thiazole rings is 1. The van der Waals surface area contributed by atoms with Crippen LogP contribution in [-0.2, 0) is 4.74 Å². The standard InChI is InChI=1S/C18H22N2O4S/c1-11-16(17(21)19-10-13-5-4-8-24-13)25-18(20-11)12-6-7-14(22-2)15(9-12)23-3/h6-7,9,13H,4-5,8,10H2,1-3H3,(H,19,21). The zero-order chi connectivity index (χ0) is 17.8. The third-order valence-electron chi connectivity index (χ3n) is 4.15. The Kier molecular flexibility index (Phi) is 5.55. The lowest BCUT2D eigenvalue weighted by molar-refractivity contribution is 0.0860. The van der Waals surface area contributed by atoms with Crippen LogP contribution in [0.3, 0.4) is 0 Å². The normalized spacial score (nSPS) is 16.7. The van der Waals surface area contributed by atoms with Gasteiger partial charge < -0.3 is 19.5 Å². The molecular formula is C18H22N2O4S. The van der Waals surface area contributed by atoms with Gasteiger partial charge in [-0.05, 0) is 38.0 Å². The van der Waals surface area contributed by atoms with Crippen LogP contribution >= 0.6 is 11.3 Å². The number of ether oxygens (including phenoxy) is 3. The number of amides is 1. The van der Waals surface area contributed by atoms with Gasteiger partial charge in [-0.3, -0.25) is 4.79 Å². The molecule has 1 saturated heterocycles. The second-order valence-electron chi connectivity index (χ2n) is 5.85. The smallest absolute Gasteiger partial charge is 0.263 e. The maximum Gasteiger partial charge on any atom is 0.263 e. The summed E-state index contributed by atoms with van der Waals surface area (Å²) in [5.41, 5.74) is 1.61. The van der Waals surface area contributed by atoms with Crippen LogP contribution in [0, 0.1) is 6.92 Å². The molecule has 0 aliphatic carbocycles. The van der Waals surface area contributed by atoms with Crippen molar-refractivity contribution in [1.82, 2.24) is 10.3 Å². The molecule has 1 aliphatic heterocycles. The van der Waals surface area contributed by atoms with Gasteiger partial charge >= 0.3 is 0 Å². The van der Waals surface area contributed by atoms with E-state index in [1.54, 1.807) is 14.2 Å². The quantitative estimate of drug-likeness (QED) is 0.855. The number of hydrogen-bond acceptors (Lipinski definition) is 6. The van der Waals surface area contributed by atoms with E-state index in [0.29, 0.717) is 22.9 Å². The predicted octanol–water partition coefficient (Wildman–Crippen LogP) is 3.04. The van der Waals surface area contributed by atoms with E-state index in [1.165, 1.54) is 11.3 Å². The Morgan fingerprint density at radius 2 is 2.16 bits per heavy atom. The SMILES string of the molecule is COc1ccc(-c2nc(C)c(C(=O)NCC3CCCO3)s2)cc1OC. The summed E-state index contributed by atoms with van der Waals surface area (Å²) < 4.78 is 16.1. The van der Waals surface area contributed by atoms with E-state index in [9.17, 15) is 4.79 Å². The van der Waals surface area contributed by atoms with Crippen molar-refractivity contribution in [2.24, 2.45) is 0 Å². The Balaban J connectivity index is 1.76. The van der Waals surface area contributed by atoms with Crippen LogP contribution in [0.2, 0.25) is 0 Å². The van der Waals surface area contributed by atoms with E-state index in [4.69, 9.17) is 14.2 Å². The van der Waals surface area contributed by atoms with Gasteiger partial charge in [0, 0.05) is 18.7 Å². The monoisotopic (exact) mass is 362 g/mol. The average Bonchev–Trinajstić information content (AvgIpc) is 3.28. The summed E-state index contributed by atoms with van der Waals surface area (Å²) in [6, 6.07) is 5.61. The van der Waals surface area contributed by atoms with Gasteiger partial charge in [0.2, 0.25) is 0 Å². The van der Waals surface area contributed by atoms with Crippen molar-refractivity contribution in [3.05, 3.63) is 28.8 Å². The molecule has 1 amide bonds. The minimum atomic E-state index is -0.0998. The van der Waals surface area contributed by atoms with Crippen molar-refractivity contribution in [3.63, 3.8) is 0 Å². The lowest BCUT2D eigenvalue weighted by Crippen LogP contribution is -2.31. The van der Waals surface area contributed by atoms with Gasteiger partial charge in [0.15, 0.2) is 11.5 Å². The number of hydrogen-bond donors (Lipinski definition) is 1. The highest BCUT2D eigenvalue weighted by atomic mass is 32.1. The lowest BCUT2D eigenvalue weighted by atomic mass is 10.2. The van der Waals surface area contributed by atoms with E-state index in [-0.39, 0.29) is 12.0 Å². The first kappa shape index (κ1) is 17.7. The predicted molar refractivity (Wildman–Crippen MR) is 96.7 cm³/mol. The number of methoxy groups -OCH3 is 2. The molecule has 1 aromatic carbocycles. The molecule has 25 heavy (non-hydrogen) atoms. The minimum Gasteiger partial charge on any atom is -0.493 e. The van der Waals surface area contributed by atoms with Gasteiger partial charge in [-0.25, -0.2) is 4.98 Å². The molecule has 6 nitrogen and oxygen atoms in total. The summed E-state index contributed by atoms with van der Waals surface area (Å²) in [5.74, 6) is 1.20. The molecule has 0 radical (unpaired) electrons. The molecule has 1 aliphatic rings. The summed E-state index contributed by atoms with van der Waals surface area (Å²) in [4.78, 5) is 17.6. The zero-order valence-corrected chi connectivity index (χ0v) is 15.4. The lowest BCUT2D eigenvalue weighted by Gasteiger charge is -2.10. The van der Waals surface area contributed by atoms with Gasteiger partial charge in [-0.2, -0.15) is 0 Å². The fourth-order valence-electron chi connectivity index (χ4n) is 2.79. The molecule has 1 fully saturated rings. The highest BCUT2D eigenvalue weighted by Gasteiger charge is 2.20. The van der Waals surface area contributed by atoms with Crippen LogP contribution in [0.15, 0.2) is 18.2 Å². The summed E-state index contributed by atoms with van der Waals surface area (Å²) in [5, 5.41) is 3.73. The fraction of sp³-hybridized carbons (Fsp3) is 0.444. The van der Waals surface area contributed by atoms with Crippen LogP contribution in [-0.4, -0.2) is 44.4 Å². The van der Waals surface area contributed by atoms with E-state index < -0.39 is 0 Å². The van der Waals surface area contributed by atoms with E-state index in [2.05, 4.69) is 10.3 Å². The molecule has 1 unspecified atom stereocenters. The molecule has 0 spiro atoms. The Morgan fingerprint density at radius 3 is 2.84 bits per heavy atom. The molecule has 7 heteroatoms. The third-order valence-corrected chi connectivity index (χ3v) is 5.35. The van der Waals surface area contributed by atoms with E-state index in [1.807, 2.05) is 25.1 Å². The number of benzene rings is 1. The molecule has 1 aromatic heterocycles. The molecular weight excluding hydrogens is 340 g/mol. The highest BCUT2D eigenvalue weighted by Crippen LogP contribution is 2.34. The topological polar surface area (TPSA) is 69.7 Å². The molecule has 0 bridgehead atoms. The summed E-state index contributed by atoms with van der Waals surface area (Å²) in [6.45, 7) is 3.17. The van der Waals surface area contributed by atoms with Gasteiger partial charge in [-0.1, -0.05) is 0 Å². The molecule has 1 atom stereocenters. The van der Waals surface area contributed by atoms with E-state index >= 15 is 0 Å². The summed E-state index contributed by atoms with van der Waals surface area (Å²) in [6.07, 6.45) is 2.19. The Bertz CT molecular complexity index is 754. The molecule has 2 aromatic rings. The third kappa shape index (κ3) is 3.93. The molecule has 0 saturated carbocycles.